The van der Waals surface area contributed by atoms with Crippen LogP contribution in [0.3, 0.4) is 0 Å². The summed E-state index contributed by atoms with van der Waals surface area (Å²) >= 11 is 0. The molecule has 4 N–H and O–H groups in total. The molecule has 0 aliphatic heterocycles. The van der Waals surface area contributed by atoms with E-state index in [0.717, 1.165) is 0 Å². The number of anilines is 2. The molecule has 0 bridgehead atoms. The lowest BCUT2D eigenvalue weighted by atomic mass is 10.2. The predicted molar refractivity (Wildman–Crippen MR) is 80.0 cm³/mol. The van der Waals surface area contributed by atoms with Gasteiger partial charge in [0.2, 0.25) is 11.8 Å². The zero-order valence-corrected chi connectivity index (χ0v) is 11.6. The molecule has 1 rings (SSSR count). The maximum atomic E-state index is 11.7. The van der Waals surface area contributed by atoms with Crippen LogP contribution in [0.15, 0.2) is 24.3 Å². The summed E-state index contributed by atoms with van der Waals surface area (Å²) in [7, 11) is 0. The fourth-order valence-electron chi connectivity index (χ4n) is 1.42. The largest absolute Gasteiger partial charge is 0.326 e. The van der Waals surface area contributed by atoms with Gasteiger partial charge in [0.1, 0.15) is 0 Å². The topological polar surface area (TPSA) is 84.2 Å². The number of terminal acetylenes is 1. The lowest BCUT2D eigenvalue weighted by molar-refractivity contribution is -0.119. The van der Waals surface area contributed by atoms with E-state index in [-0.39, 0.29) is 24.2 Å². The van der Waals surface area contributed by atoms with E-state index >= 15 is 0 Å². The highest BCUT2D eigenvalue weighted by Crippen LogP contribution is 2.16. The smallest absolute Gasteiger partial charge is 0.242 e. The van der Waals surface area contributed by atoms with Crippen LogP contribution in [-0.2, 0) is 9.59 Å². The lowest BCUT2D eigenvalue weighted by Gasteiger charge is -2.12. The lowest BCUT2D eigenvalue weighted by Crippen LogP contribution is -2.35. The third kappa shape index (κ3) is 4.75. The molecule has 1 aromatic rings. The molecule has 0 saturated heterocycles. The van der Waals surface area contributed by atoms with E-state index in [1.807, 2.05) is 0 Å². The van der Waals surface area contributed by atoms with Gasteiger partial charge in [-0.15, -0.1) is 12.3 Å². The molecule has 0 radical (unpaired) electrons. The van der Waals surface area contributed by atoms with E-state index in [0.29, 0.717) is 11.4 Å². The average Bonchev–Trinajstić information content (AvgIpc) is 2.39. The van der Waals surface area contributed by atoms with Crippen molar-refractivity contribution < 1.29 is 9.59 Å². The molecule has 0 aromatic heterocycles. The second-order valence-corrected chi connectivity index (χ2v) is 4.73. The van der Waals surface area contributed by atoms with Crippen LogP contribution in [0.4, 0.5) is 11.4 Å². The van der Waals surface area contributed by atoms with Crippen LogP contribution < -0.4 is 16.4 Å². The summed E-state index contributed by atoms with van der Waals surface area (Å²) in [4.78, 5) is 23.3. The third-order valence-electron chi connectivity index (χ3n) is 2.60. The number of hydrogen-bond acceptors (Lipinski definition) is 3. The molecule has 0 saturated carbocycles. The van der Waals surface area contributed by atoms with Gasteiger partial charge in [0.25, 0.3) is 0 Å². The molecule has 106 valence electrons. The standard InChI is InChI=1S/C15H19N3O2/c1-4-6-13(16)15(20)18-12-8-5-7-11(9-12)17-14(19)10(2)3/h1,5,7-10,13H,6,16H2,2-3H3,(H,17,19)(H,18,20). The number of nitrogens with one attached hydrogen (secondary N) is 2. The number of carbonyl (C=O) groups is 2. The van der Waals surface area contributed by atoms with Crippen molar-refractivity contribution in [3.8, 4) is 12.3 Å². The van der Waals surface area contributed by atoms with Crippen molar-refractivity contribution in [3.63, 3.8) is 0 Å². The van der Waals surface area contributed by atoms with Gasteiger partial charge in [-0.1, -0.05) is 19.9 Å². The van der Waals surface area contributed by atoms with Gasteiger partial charge in [-0.25, -0.2) is 0 Å². The highest BCUT2D eigenvalue weighted by Gasteiger charge is 2.12. The molecule has 0 fully saturated rings. The first-order valence-electron chi connectivity index (χ1n) is 6.35. The second kappa shape index (κ2) is 7.31. The van der Waals surface area contributed by atoms with Gasteiger partial charge in [0.15, 0.2) is 0 Å². The first-order chi connectivity index (χ1) is 9.43. The zero-order valence-electron chi connectivity index (χ0n) is 11.6. The van der Waals surface area contributed by atoms with Crippen LogP contribution in [0.2, 0.25) is 0 Å². The van der Waals surface area contributed by atoms with Crippen molar-refractivity contribution in [2.24, 2.45) is 11.7 Å². The molecule has 1 atom stereocenters. The molecule has 5 nitrogen and oxygen atoms in total. The quantitative estimate of drug-likeness (QED) is 0.712. The van der Waals surface area contributed by atoms with E-state index in [2.05, 4.69) is 16.6 Å². The summed E-state index contributed by atoms with van der Waals surface area (Å²) in [6.45, 7) is 3.61. The summed E-state index contributed by atoms with van der Waals surface area (Å²) in [6.07, 6.45) is 5.29. The van der Waals surface area contributed by atoms with Crippen molar-refractivity contribution in [3.05, 3.63) is 24.3 Å². The normalized spacial score (nSPS) is 11.6. The summed E-state index contributed by atoms with van der Waals surface area (Å²) in [6, 6.07) is 6.12. The second-order valence-electron chi connectivity index (χ2n) is 4.73. The SMILES string of the molecule is C#CCC(N)C(=O)Nc1cccc(NC(=O)C(C)C)c1. The maximum absolute atomic E-state index is 11.7. The Labute approximate surface area is 118 Å². The molecule has 2 amide bonds. The van der Waals surface area contributed by atoms with Gasteiger partial charge in [0.05, 0.1) is 6.04 Å². The summed E-state index contributed by atoms with van der Waals surface area (Å²) in [5.41, 5.74) is 6.79. The van der Waals surface area contributed by atoms with Crippen LogP contribution in [0.5, 0.6) is 0 Å². The van der Waals surface area contributed by atoms with Crippen molar-refractivity contribution >= 4 is 23.2 Å². The molecule has 1 unspecified atom stereocenters. The van der Waals surface area contributed by atoms with Gasteiger partial charge < -0.3 is 16.4 Å². The fraction of sp³-hybridized carbons (Fsp3) is 0.333. The van der Waals surface area contributed by atoms with Gasteiger partial charge in [-0.3, -0.25) is 9.59 Å². The van der Waals surface area contributed by atoms with E-state index in [4.69, 9.17) is 12.2 Å². The molecule has 5 heteroatoms. The van der Waals surface area contributed by atoms with E-state index in [1.165, 1.54) is 0 Å². The van der Waals surface area contributed by atoms with Gasteiger partial charge in [0, 0.05) is 23.7 Å². The molecule has 0 aliphatic rings. The fourth-order valence-corrected chi connectivity index (χ4v) is 1.42. The molecule has 0 aliphatic carbocycles. The van der Waals surface area contributed by atoms with Crippen molar-refractivity contribution in [2.75, 3.05) is 10.6 Å². The van der Waals surface area contributed by atoms with Gasteiger partial charge in [-0.2, -0.15) is 0 Å². The van der Waals surface area contributed by atoms with Crippen LogP contribution in [0, 0.1) is 18.3 Å². The number of benzene rings is 1. The number of amides is 2. The van der Waals surface area contributed by atoms with E-state index in [9.17, 15) is 9.59 Å². The molecule has 0 heterocycles. The Bertz CT molecular complexity index is 532. The molecular formula is C15H19N3O2. The minimum atomic E-state index is -0.742. The Morgan fingerprint density at radius 2 is 1.80 bits per heavy atom. The Morgan fingerprint density at radius 3 is 2.30 bits per heavy atom. The van der Waals surface area contributed by atoms with Crippen molar-refractivity contribution in [2.45, 2.75) is 26.3 Å². The van der Waals surface area contributed by atoms with Crippen LogP contribution in [0.1, 0.15) is 20.3 Å². The van der Waals surface area contributed by atoms with E-state index in [1.54, 1.807) is 38.1 Å². The maximum Gasteiger partial charge on any atom is 0.242 e. The predicted octanol–water partition coefficient (Wildman–Crippen LogP) is 1.57. The van der Waals surface area contributed by atoms with Crippen molar-refractivity contribution in [1.82, 2.24) is 0 Å². The number of carbonyl (C=O) groups excluding carboxylic acids is 2. The van der Waals surface area contributed by atoms with Crippen LogP contribution in [0.25, 0.3) is 0 Å². The summed E-state index contributed by atoms with van der Waals surface area (Å²) in [5, 5.41) is 5.41. The van der Waals surface area contributed by atoms with Crippen molar-refractivity contribution in [1.29, 1.82) is 0 Å². The third-order valence-corrected chi connectivity index (χ3v) is 2.60. The average molecular weight is 273 g/mol. The van der Waals surface area contributed by atoms with Gasteiger partial charge >= 0.3 is 0 Å². The first kappa shape index (κ1) is 15.7. The Hall–Kier alpha value is -2.32. The molecule has 20 heavy (non-hydrogen) atoms. The highest BCUT2D eigenvalue weighted by atomic mass is 16.2. The highest BCUT2D eigenvalue weighted by molar-refractivity contribution is 5.96. The molecule has 1 aromatic carbocycles. The van der Waals surface area contributed by atoms with E-state index < -0.39 is 6.04 Å². The Morgan fingerprint density at radius 1 is 1.25 bits per heavy atom. The van der Waals surface area contributed by atoms with Crippen LogP contribution >= 0.6 is 0 Å². The number of nitrogens with two attached hydrogens (primary N) is 1. The monoisotopic (exact) mass is 273 g/mol. The minimum Gasteiger partial charge on any atom is -0.326 e. The number of rotatable bonds is 5. The Balaban J connectivity index is 2.71. The zero-order chi connectivity index (χ0) is 15.1. The molecule has 0 spiro atoms. The molecular weight excluding hydrogens is 254 g/mol. The van der Waals surface area contributed by atoms with Crippen LogP contribution in [-0.4, -0.2) is 17.9 Å². The Kier molecular flexibility index (Phi) is 5.75. The first-order valence-corrected chi connectivity index (χ1v) is 6.35. The minimum absolute atomic E-state index is 0.0856. The van der Waals surface area contributed by atoms with Gasteiger partial charge in [-0.05, 0) is 18.2 Å². The summed E-state index contributed by atoms with van der Waals surface area (Å²) < 4.78 is 0. The number of hydrogen-bond donors (Lipinski definition) is 3. The summed E-state index contributed by atoms with van der Waals surface area (Å²) in [5.74, 6) is 1.79.